The van der Waals surface area contributed by atoms with Crippen molar-refractivity contribution in [3.05, 3.63) is 0 Å². The molecule has 2 bridgehead atoms. The van der Waals surface area contributed by atoms with Gasteiger partial charge in [-0.1, -0.05) is 34.6 Å². The highest BCUT2D eigenvalue weighted by molar-refractivity contribution is 5.80. The predicted octanol–water partition coefficient (Wildman–Crippen LogP) is 5.16. The van der Waals surface area contributed by atoms with Crippen molar-refractivity contribution in [2.45, 2.75) is 104 Å². The molecule has 140 valence electrons. The fourth-order valence-electron chi connectivity index (χ4n) is 4.01. The van der Waals surface area contributed by atoms with Gasteiger partial charge in [-0.05, 0) is 57.3 Å². The first-order valence-electron chi connectivity index (χ1n) is 10.1. The zero-order valence-corrected chi connectivity index (χ0v) is 16.7. The topological polar surface area (TPSA) is 35.5 Å². The maximum absolute atomic E-state index is 12.4. The molecule has 2 rings (SSSR count). The van der Waals surface area contributed by atoms with Crippen LogP contribution in [0.15, 0.2) is 0 Å². The Bertz CT molecular complexity index is 433. The molecule has 0 radical (unpaired) electrons. The van der Waals surface area contributed by atoms with E-state index in [9.17, 15) is 4.79 Å². The Hall–Kier alpha value is -0.410. The van der Waals surface area contributed by atoms with Crippen LogP contribution in [0.2, 0.25) is 0 Å². The third-order valence-electron chi connectivity index (χ3n) is 6.77. The van der Waals surface area contributed by atoms with E-state index >= 15 is 0 Å². The molecule has 2 fully saturated rings. The summed E-state index contributed by atoms with van der Waals surface area (Å²) in [6.45, 7) is 13.8. The third kappa shape index (κ3) is 4.40. The molecule has 0 aromatic rings. The summed E-state index contributed by atoms with van der Waals surface area (Å²) < 4.78 is 12.6. The molecule has 0 spiro atoms. The van der Waals surface area contributed by atoms with Gasteiger partial charge in [-0.2, -0.15) is 0 Å². The van der Waals surface area contributed by atoms with Crippen LogP contribution in [0.1, 0.15) is 86.5 Å². The van der Waals surface area contributed by atoms with Crippen molar-refractivity contribution in [1.29, 1.82) is 0 Å². The maximum atomic E-state index is 12.4. The van der Waals surface area contributed by atoms with Crippen LogP contribution in [0.25, 0.3) is 0 Å². The van der Waals surface area contributed by atoms with E-state index in [-0.39, 0.29) is 23.2 Å². The number of hydrogen-bond acceptors (Lipinski definition) is 3. The molecular formula is C21H38O3. The summed E-state index contributed by atoms with van der Waals surface area (Å²) in [5.41, 5.74) is -0.177. The molecule has 3 nitrogen and oxygen atoms in total. The van der Waals surface area contributed by atoms with E-state index in [1.54, 1.807) is 0 Å². The summed E-state index contributed by atoms with van der Waals surface area (Å²) in [6, 6.07) is 0. The van der Waals surface area contributed by atoms with Gasteiger partial charge in [0.25, 0.3) is 0 Å². The highest BCUT2D eigenvalue weighted by atomic mass is 16.6. The molecule has 2 saturated heterocycles. The lowest BCUT2D eigenvalue weighted by atomic mass is 9.85. The lowest BCUT2D eigenvalue weighted by molar-refractivity contribution is -0.241. The van der Waals surface area contributed by atoms with E-state index in [0.717, 1.165) is 51.6 Å². The fourth-order valence-corrected chi connectivity index (χ4v) is 4.01. The first-order valence-corrected chi connectivity index (χ1v) is 10.1. The van der Waals surface area contributed by atoms with Crippen LogP contribution in [0.3, 0.4) is 0 Å². The number of ketones is 1. The van der Waals surface area contributed by atoms with E-state index < -0.39 is 0 Å². The smallest absolute Gasteiger partial charge is 0.135 e. The second-order valence-corrected chi connectivity index (χ2v) is 8.97. The average Bonchev–Trinajstić information content (AvgIpc) is 2.93. The van der Waals surface area contributed by atoms with E-state index in [4.69, 9.17) is 9.47 Å². The second kappa shape index (κ2) is 7.86. The van der Waals surface area contributed by atoms with Crippen LogP contribution in [0, 0.1) is 17.8 Å². The summed E-state index contributed by atoms with van der Waals surface area (Å²) in [7, 11) is 0. The molecule has 0 aromatic heterocycles. The lowest BCUT2D eigenvalue weighted by Gasteiger charge is -2.44. The Balaban J connectivity index is 1.76. The summed E-state index contributed by atoms with van der Waals surface area (Å²) in [6.07, 6.45) is 7.24. The minimum atomic E-state index is -0.164. The van der Waals surface area contributed by atoms with Crippen molar-refractivity contribution < 1.29 is 14.3 Å². The summed E-state index contributed by atoms with van der Waals surface area (Å²) in [4.78, 5) is 12.4. The van der Waals surface area contributed by atoms with Gasteiger partial charge in [-0.15, -0.1) is 0 Å². The molecule has 2 heterocycles. The quantitative estimate of drug-likeness (QED) is 0.582. The van der Waals surface area contributed by atoms with Gasteiger partial charge >= 0.3 is 0 Å². The van der Waals surface area contributed by atoms with Gasteiger partial charge in [0.05, 0.1) is 23.9 Å². The highest BCUT2D eigenvalue weighted by Crippen LogP contribution is 2.46. The van der Waals surface area contributed by atoms with Gasteiger partial charge in [0.1, 0.15) is 5.78 Å². The largest absolute Gasteiger partial charge is 0.370 e. The molecule has 0 saturated carbocycles. The Morgan fingerprint density at radius 3 is 2.58 bits per heavy atom. The number of rotatable bonds is 9. The molecule has 5 atom stereocenters. The SMILES string of the molecule is CC[C@@]12CC[C@@H](O1)[C@](C)(CCCC(C)C(=O)CC(C)C(C)C)OC2. The van der Waals surface area contributed by atoms with Gasteiger partial charge in [-0.3, -0.25) is 4.79 Å². The first kappa shape index (κ1) is 19.9. The highest BCUT2D eigenvalue weighted by Gasteiger charge is 2.52. The molecule has 2 unspecified atom stereocenters. The van der Waals surface area contributed by atoms with Crippen LogP contribution in [0.4, 0.5) is 0 Å². The molecule has 0 aromatic carbocycles. The Labute approximate surface area is 148 Å². The van der Waals surface area contributed by atoms with Crippen LogP contribution in [0.5, 0.6) is 0 Å². The van der Waals surface area contributed by atoms with Gasteiger partial charge in [0.15, 0.2) is 0 Å². The normalized spacial score (nSPS) is 35.2. The average molecular weight is 339 g/mol. The Morgan fingerprint density at radius 1 is 1.25 bits per heavy atom. The van der Waals surface area contributed by atoms with Crippen molar-refractivity contribution in [1.82, 2.24) is 0 Å². The minimum absolute atomic E-state index is 0.0135. The zero-order valence-electron chi connectivity index (χ0n) is 16.7. The van der Waals surface area contributed by atoms with Crippen molar-refractivity contribution in [3.63, 3.8) is 0 Å². The van der Waals surface area contributed by atoms with Gasteiger partial charge in [0.2, 0.25) is 0 Å². The van der Waals surface area contributed by atoms with E-state index in [1.165, 1.54) is 0 Å². The van der Waals surface area contributed by atoms with E-state index in [0.29, 0.717) is 17.6 Å². The monoisotopic (exact) mass is 338 g/mol. The molecule has 2 aliphatic rings. The van der Waals surface area contributed by atoms with Gasteiger partial charge < -0.3 is 9.47 Å². The van der Waals surface area contributed by atoms with Crippen molar-refractivity contribution >= 4 is 5.78 Å². The Morgan fingerprint density at radius 2 is 1.96 bits per heavy atom. The summed E-state index contributed by atoms with van der Waals surface area (Å²) in [5.74, 6) is 1.65. The number of carbonyl (C=O) groups excluding carboxylic acids is 1. The molecule has 0 amide bonds. The van der Waals surface area contributed by atoms with Gasteiger partial charge in [-0.25, -0.2) is 0 Å². The summed E-state index contributed by atoms with van der Waals surface area (Å²) in [5, 5.41) is 0. The molecule has 0 N–H and O–H groups in total. The van der Waals surface area contributed by atoms with Crippen LogP contribution in [-0.4, -0.2) is 29.7 Å². The number of Topliss-reactive ketones (excluding diaryl/α,β-unsaturated/α-hetero) is 1. The number of ether oxygens (including phenoxy) is 2. The maximum Gasteiger partial charge on any atom is 0.135 e. The Kier molecular flexibility index (Phi) is 6.52. The molecule has 0 aliphatic carbocycles. The molecule has 2 aliphatic heterocycles. The number of hydrogen-bond donors (Lipinski definition) is 0. The fraction of sp³-hybridized carbons (Fsp3) is 0.952. The zero-order chi connectivity index (χ0) is 18.0. The summed E-state index contributed by atoms with van der Waals surface area (Å²) >= 11 is 0. The molecule has 3 heteroatoms. The van der Waals surface area contributed by atoms with E-state index in [2.05, 4.69) is 41.5 Å². The van der Waals surface area contributed by atoms with Crippen LogP contribution >= 0.6 is 0 Å². The van der Waals surface area contributed by atoms with Crippen LogP contribution in [-0.2, 0) is 14.3 Å². The molecule has 24 heavy (non-hydrogen) atoms. The van der Waals surface area contributed by atoms with Crippen LogP contribution < -0.4 is 0 Å². The van der Waals surface area contributed by atoms with Crippen molar-refractivity contribution in [2.24, 2.45) is 17.8 Å². The molecular weight excluding hydrogens is 300 g/mol. The first-order chi connectivity index (χ1) is 11.2. The lowest BCUT2D eigenvalue weighted by Crippen LogP contribution is -2.52. The van der Waals surface area contributed by atoms with Crippen molar-refractivity contribution in [3.8, 4) is 0 Å². The van der Waals surface area contributed by atoms with Gasteiger partial charge in [0, 0.05) is 12.3 Å². The van der Waals surface area contributed by atoms with Crippen molar-refractivity contribution in [2.75, 3.05) is 6.61 Å². The standard InChI is InChI=1S/C21H38O3/c1-7-21-12-10-19(24-21)20(6,23-14-21)11-8-9-16(4)18(22)13-17(5)15(2)3/h15-17,19H,7-14H2,1-6H3/t16?,17?,19-,20+,21+/m1/s1. The minimum Gasteiger partial charge on any atom is -0.370 e. The predicted molar refractivity (Wildman–Crippen MR) is 98.1 cm³/mol. The number of fused-ring (bicyclic) bond motifs is 2. The third-order valence-corrected chi connectivity index (χ3v) is 6.77. The second-order valence-electron chi connectivity index (χ2n) is 8.97. The van der Waals surface area contributed by atoms with E-state index in [1.807, 2.05) is 0 Å². The number of carbonyl (C=O) groups is 1.